The van der Waals surface area contributed by atoms with Gasteiger partial charge < -0.3 is 0 Å². The summed E-state index contributed by atoms with van der Waals surface area (Å²) in [5, 5.41) is 0. The largest absolute Gasteiger partial charge is 0.297 e. The third-order valence-corrected chi connectivity index (χ3v) is 1.86. The van der Waals surface area contributed by atoms with Gasteiger partial charge in [-0.3, -0.25) is 4.99 Å². The molecule has 0 aromatic carbocycles. The van der Waals surface area contributed by atoms with Crippen LogP contribution >= 0.6 is 11.8 Å². The molecule has 2 heteroatoms. The van der Waals surface area contributed by atoms with Crippen molar-refractivity contribution >= 4 is 18.0 Å². The molecule has 0 radical (unpaired) electrons. The number of rotatable bonds is 0. The average molecular weight is 115 g/mol. The minimum atomic E-state index is 1.05. The molecule has 0 atom stereocenters. The molecule has 0 saturated carbocycles. The van der Waals surface area contributed by atoms with E-state index in [0.29, 0.717) is 0 Å². The van der Waals surface area contributed by atoms with Crippen molar-refractivity contribution in [2.45, 2.75) is 6.42 Å². The molecule has 7 heavy (non-hydrogen) atoms. The molecule has 0 spiro atoms. The van der Waals surface area contributed by atoms with Gasteiger partial charge in [0.1, 0.15) is 0 Å². The summed E-state index contributed by atoms with van der Waals surface area (Å²) in [5.41, 5.74) is 0. The van der Waals surface area contributed by atoms with Crippen molar-refractivity contribution in [3.63, 3.8) is 0 Å². The van der Waals surface area contributed by atoms with Crippen molar-refractivity contribution in [1.82, 2.24) is 0 Å². The summed E-state index contributed by atoms with van der Waals surface area (Å²) in [5.74, 6) is 2.42. The van der Waals surface area contributed by atoms with Crippen LogP contribution in [0.1, 0.15) is 6.42 Å². The van der Waals surface area contributed by atoms with E-state index < -0.39 is 0 Å². The molecule has 1 aliphatic heterocycles. The van der Waals surface area contributed by atoms with Crippen LogP contribution < -0.4 is 0 Å². The lowest BCUT2D eigenvalue weighted by atomic mass is 10.5. The second-order valence-electron chi connectivity index (χ2n) is 1.52. The summed E-state index contributed by atoms with van der Waals surface area (Å²) in [7, 11) is 0. The number of nitrogens with zero attached hydrogens (tertiary/aromatic N) is 1. The van der Waals surface area contributed by atoms with Gasteiger partial charge >= 0.3 is 0 Å². The van der Waals surface area contributed by atoms with E-state index in [9.17, 15) is 0 Å². The van der Waals surface area contributed by atoms with Gasteiger partial charge in [-0.05, 0) is 12.2 Å². The van der Waals surface area contributed by atoms with E-state index in [1.54, 1.807) is 0 Å². The highest BCUT2D eigenvalue weighted by molar-refractivity contribution is 7.99. The van der Waals surface area contributed by atoms with Crippen molar-refractivity contribution in [3.05, 3.63) is 0 Å². The predicted octanol–water partition coefficient (Wildman–Crippen LogP) is 1.19. The number of hydrogen-bond acceptors (Lipinski definition) is 2. The quantitative estimate of drug-likeness (QED) is 0.462. The Bertz CT molecular complexity index is 62.5. The molecule has 0 fully saturated rings. The maximum Gasteiger partial charge on any atom is 0.0393 e. The summed E-state index contributed by atoms with van der Waals surface area (Å²) in [6.45, 7) is 1.05. The monoisotopic (exact) mass is 115 g/mol. The second-order valence-corrected chi connectivity index (χ2v) is 2.67. The lowest BCUT2D eigenvalue weighted by molar-refractivity contribution is 0.954. The molecular weight excluding hydrogens is 106 g/mol. The summed E-state index contributed by atoms with van der Waals surface area (Å²) in [6.07, 6.45) is 3.28. The normalized spacial score (nSPS) is 21.7. The Kier molecular flexibility index (Phi) is 2.27. The maximum atomic E-state index is 4.12. The first kappa shape index (κ1) is 5.16. The Hall–Kier alpha value is 0.0200. The molecule has 0 unspecified atom stereocenters. The molecule has 1 rings (SSSR count). The maximum absolute atomic E-state index is 4.12. The van der Waals surface area contributed by atoms with Crippen LogP contribution in [-0.4, -0.2) is 24.3 Å². The van der Waals surface area contributed by atoms with Crippen LogP contribution in [0.2, 0.25) is 0 Å². The van der Waals surface area contributed by atoms with Crippen LogP contribution in [0.25, 0.3) is 0 Å². The smallest absolute Gasteiger partial charge is 0.0393 e. The minimum Gasteiger partial charge on any atom is -0.297 e. The Balaban J connectivity index is 2.20. The third kappa shape index (κ3) is 1.97. The zero-order valence-corrected chi connectivity index (χ0v) is 5.08. The average Bonchev–Trinajstić information content (AvgIpc) is 1.90. The van der Waals surface area contributed by atoms with Gasteiger partial charge in [0.25, 0.3) is 0 Å². The van der Waals surface area contributed by atoms with Gasteiger partial charge in [0.15, 0.2) is 0 Å². The van der Waals surface area contributed by atoms with E-state index in [-0.39, 0.29) is 0 Å². The molecule has 1 aliphatic rings. The summed E-state index contributed by atoms with van der Waals surface area (Å²) in [6, 6.07) is 0. The van der Waals surface area contributed by atoms with Crippen LogP contribution in [-0.2, 0) is 0 Å². The fraction of sp³-hybridized carbons (Fsp3) is 0.800. The SMILES string of the molecule is C1=NCCCSC1. The van der Waals surface area contributed by atoms with Crippen molar-refractivity contribution in [2.24, 2.45) is 4.99 Å². The van der Waals surface area contributed by atoms with E-state index in [4.69, 9.17) is 0 Å². The lowest BCUT2D eigenvalue weighted by Gasteiger charge is -1.85. The first-order valence-corrected chi connectivity index (χ1v) is 3.71. The summed E-state index contributed by atoms with van der Waals surface area (Å²) < 4.78 is 0. The van der Waals surface area contributed by atoms with Gasteiger partial charge in [-0.2, -0.15) is 11.8 Å². The van der Waals surface area contributed by atoms with Gasteiger partial charge in [-0.25, -0.2) is 0 Å². The number of thioether (sulfide) groups is 1. The highest BCUT2D eigenvalue weighted by Gasteiger charge is 1.89. The molecule has 0 aromatic rings. The topological polar surface area (TPSA) is 12.4 Å². The van der Waals surface area contributed by atoms with Gasteiger partial charge in [0.2, 0.25) is 0 Å². The van der Waals surface area contributed by atoms with E-state index >= 15 is 0 Å². The highest BCUT2D eigenvalue weighted by Crippen LogP contribution is 2.02. The third-order valence-electron chi connectivity index (χ3n) is 0.897. The van der Waals surface area contributed by atoms with E-state index in [0.717, 1.165) is 12.3 Å². The summed E-state index contributed by atoms with van der Waals surface area (Å²) >= 11 is 1.97. The Morgan fingerprint density at radius 2 is 2.57 bits per heavy atom. The number of aliphatic imine (C=N–C) groups is 1. The number of hydrogen-bond donors (Lipinski definition) is 0. The molecule has 0 bridgehead atoms. The molecule has 0 amide bonds. The van der Waals surface area contributed by atoms with Crippen molar-refractivity contribution in [2.75, 3.05) is 18.1 Å². The molecule has 0 aliphatic carbocycles. The van der Waals surface area contributed by atoms with Crippen molar-refractivity contribution in [3.8, 4) is 0 Å². The fourth-order valence-corrected chi connectivity index (χ4v) is 1.25. The van der Waals surface area contributed by atoms with Gasteiger partial charge in [0, 0.05) is 18.5 Å². The Labute approximate surface area is 48.2 Å². The van der Waals surface area contributed by atoms with E-state index in [2.05, 4.69) is 4.99 Å². The molecular formula is C5H9NS. The second kappa shape index (κ2) is 3.08. The Morgan fingerprint density at radius 3 is 3.57 bits per heavy atom. The predicted molar refractivity (Wildman–Crippen MR) is 35.3 cm³/mol. The van der Waals surface area contributed by atoms with Crippen LogP contribution in [0.3, 0.4) is 0 Å². The van der Waals surface area contributed by atoms with Crippen LogP contribution in [0.5, 0.6) is 0 Å². The fourth-order valence-electron chi connectivity index (χ4n) is 0.538. The van der Waals surface area contributed by atoms with E-state index in [1.165, 1.54) is 12.2 Å². The lowest BCUT2D eigenvalue weighted by Crippen LogP contribution is -1.78. The van der Waals surface area contributed by atoms with Crippen LogP contribution in [0.4, 0.5) is 0 Å². The van der Waals surface area contributed by atoms with Gasteiger partial charge in [-0.15, -0.1) is 0 Å². The van der Waals surface area contributed by atoms with E-state index in [1.807, 2.05) is 18.0 Å². The Morgan fingerprint density at radius 1 is 1.57 bits per heavy atom. The zero-order chi connectivity index (χ0) is 4.95. The summed E-state index contributed by atoms with van der Waals surface area (Å²) in [4.78, 5) is 4.12. The molecule has 0 saturated heterocycles. The molecule has 0 aromatic heterocycles. The first-order valence-electron chi connectivity index (χ1n) is 2.56. The minimum absolute atomic E-state index is 1.05. The van der Waals surface area contributed by atoms with Gasteiger partial charge in [0.05, 0.1) is 0 Å². The standard InChI is InChI=1S/C5H9NS/c1-2-6-3-5-7-4-1/h3H,1-2,4-5H2. The van der Waals surface area contributed by atoms with Gasteiger partial charge in [-0.1, -0.05) is 0 Å². The zero-order valence-electron chi connectivity index (χ0n) is 4.26. The van der Waals surface area contributed by atoms with Crippen LogP contribution in [0, 0.1) is 0 Å². The van der Waals surface area contributed by atoms with Crippen LogP contribution in [0.15, 0.2) is 4.99 Å². The molecule has 40 valence electrons. The first-order chi connectivity index (χ1) is 3.50. The molecule has 0 N–H and O–H groups in total. The molecule has 1 nitrogen and oxygen atoms in total. The highest BCUT2D eigenvalue weighted by atomic mass is 32.2. The molecule has 1 heterocycles. The van der Waals surface area contributed by atoms with Crippen molar-refractivity contribution < 1.29 is 0 Å². The van der Waals surface area contributed by atoms with Crippen molar-refractivity contribution in [1.29, 1.82) is 0 Å².